The van der Waals surface area contributed by atoms with E-state index in [0.717, 1.165) is 23.9 Å². The van der Waals surface area contributed by atoms with Crippen LogP contribution in [-0.4, -0.2) is 9.97 Å². The summed E-state index contributed by atoms with van der Waals surface area (Å²) < 4.78 is 37.8. The van der Waals surface area contributed by atoms with E-state index in [2.05, 4.69) is 9.97 Å². The molecule has 100 valence electrons. The van der Waals surface area contributed by atoms with Gasteiger partial charge in [-0.3, -0.25) is 0 Å². The van der Waals surface area contributed by atoms with Gasteiger partial charge < -0.3 is 5.73 Å². The molecule has 0 aromatic carbocycles. The zero-order valence-electron chi connectivity index (χ0n) is 9.28. The zero-order valence-corrected chi connectivity index (χ0v) is 10.9. The summed E-state index contributed by atoms with van der Waals surface area (Å²) in [5.74, 6) is -0.189. The summed E-state index contributed by atoms with van der Waals surface area (Å²) in [6, 6.07) is 4.90. The highest BCUT2D eigenvalue weighted by Crippen LogP contribution is 2.34. The largest absolute Gasteiger partial charge is 0.416 e. The minimum atomic E-state index is -4.46. The first-order chi connectivity index (χ1) is 8.84. The van der Waals surface area contributed by atoms with E-state index in [1.165, 1.54) is 6.20 Å². The maximum absolute atomic E-state index is 12.6. The highest BCUT2D eigenvalue weighted by molar-refractivity contribution is 7.99. The van der Waals surface area contributed by atoms with Gasteiger partial charge in [0.25, 0.3) is 0 Å². The number of anilines is 1. The van der Waals surface area contributed by atoms with Crippen LogP contribution in [0.5, 0.6) is 0 Å². The number of alkyl halides is 3. The van der Waals surface area contributed by atoms with Gasteiger partial charge in [-0.2, -0.15) is 13.2 Å². The molecule has 0 aliphatic rings. The molecule has 2 aromatic rings. The van der Waals surface area contributed by atoms with E-state index in [9.17, 15) is 13.2 Å². The van der Waals surface area contributed by atoms with E-state index in [-0.39, 0.29) is 10.8 Å². The molecule has 0 atom stereocenters. The lowest BCUT2D eigenvalue weighted by atomic mass is 10.2. The summed E-state index contributed by atoms with van der Waals surface area (Å²) in [5, 5.41) is 1.05. The maximum Gasteiger partial charge on any atom is 0.416 e. The Morgan fingerprint density at radius 1 is 1.16 bits per heavy atom. The highest BCUT2D eigenvalue weighted by atomic mass is 35.5. The van der Waals surface area contributed by atoms with Crippen LogP contribution in [0.3, 0.4) is 0 Å². The maximum atomic E-state index is 12.6. The molecule has 2 heterocycles. The number of hydrogen-bond acceptors (Lipinski definition) is 4. The van der Waals surface area contributed by atoms with Crippen molar-refractivity contribution < 1.29 is 13.2 Å². The van der Waals surface area contributed by atoms with Crippen molar-refractivity contribution in [2.24, 2.45) is 0 Å². The average Bonchev–Trinajstić information content (AvgIpc) is 2.30. The van der Waals surface area contributed by atoms with Crippen molar-refractivity contribution in [1.29, 1.82) is 0 Å². The zero-order chi connectivity index (χ0) is 14.0. The number of aromatic nitrogens is 2. The second kappa shape index (κ2) is 5.26. The van der Waals surface area contributed by atoms with E-state index in [4.69, 9.17) is 17.3 Å². The van der Waals surface area contributed by atoms with E-state index >= 15 is 0 Å². The molecule has 0 aliphatic carbocycles. The molecule has 8 heteroatoms. The predicted molar refractivity (Wildman–Crippen MR) is 67.0 cm³/mol. The van der Waals surface area contributed by atoms with E-state index < -0.39 is 11.7 Å². The molecule has 2 rings (SSSR count). The van der Waals surface area contributed by atoms with Crippen LogP contribution in [0.25, 0.3) is 0 Å². The van der Waals surface area contributed by atoms with Crippen LogP contribution in [0.4, 0.5) is 19.0 Å². The first-order valence-electron chi connectivity index (χ1n) is 4.99. The SMILES string of the molecule is Nc1cc(C(F)(F)F)cc(Sc2ccc(Cl)cn2)n1. The van der Waals surface area contributed by atoms with Crippen molar-refractivity contribution >= 4 is 29.2 Å². The molecule has 0 bridgehead atoms. The Labute approximate surface area is 116 Å². The Bertz CT molecular complexity index is 587. The summed E-state index contributed by atoms with van der Waals surface area (Å²) in [5.41, 5.74) is 4.53. The van der Waals surface area contributed by atoms with Crippen molar-refractivity contribution in [3.8, 4) is 0 Å². The molecule has 2 N–H and O–H groups in total. The number of hydrogen-bond donors (Lipinski definition) is 1. The van der Waals surface area contributed by atoms with E-state index in [1.807, 2.05) is 0 Å². The van der Waals surface area contributed by atoms with Gasteiger partial charge in [0.15, 0.2) is 0 Å². The normalized spacial score (nSPS) is 11.6. The topological polar surface area (TPSA) is 51.8 Å². The lowest BCUT2D eigenvalue weighted by Gasteiger charge is -2.09. The highest BCUT2D eigenvalue weighted by Gasteiger charge is 2.31. The Kier molecular flexibility index (Phi) is 3.86. The van der Waals surface area contributed by atoms with Crippen molar-refractivity contribution in [2.45, 2.75) is 16.2 Å². The summed E-state index contributed by atoms with van der Waals surface area (Å²) in [6.07, 6.45) is -3.05. The van der Waals surface area contributed by atoms with E-state index in [1.54, 1.807) is 12.1 Å². The van der Waals surface area contributed by atoms with Crippen molar-refractivity contribution in [1.82, 2.24) is 9.97 Å². The van der Waals surface area contributed by atoms with Crippen LogP contribution in [0.2, 0.25) is 5.02 Å². The molecular weight excluding hydrogens is 299 g/mol. The Morgan fingerprint density at radius 2 is 1.89 bits per heavy atom. The van der Waals surface area contributed by atoms with Crippen LogP contribution in [0.15, 0.2) is 40.5 Å². The summed E-state index contributed by atoms with van der Waals surface area (Å²) in [6.45, 7) is 0. The van der Waals surface area contributed by atoms with Gasteiger partial charge in [0.1, 0.15) is 15.9 Å². The standard InChI is InChI=1S/C11H7ClF3N3S/c12-7-1-2-9(17-5-7)19-10-4-6(11(13,14)15)3-8(16)18-10/h1-5H,(H2,16,18). The van der Waals surface area contributed by atoms with Crippen molar-refractivity contribution in [2.75, 3.05) is 5.73 Å². The number of halogens is 4. The smallest absolute Gasteiger partial charge is 0.384 e. The lowest BCUT2D eigenvalue weighted by Crippen LogP contribution is -2.07. The first kappa shape index (κ1) is 14.0. The molecule has 0 radical (unpaired) electrons. The molecule has 0 saturated carbocycles. The predicted octanol–water partition coefficient (Wildman–Crippen LogP) is 3.88. The van der Waals surface area contributed by atoms with Crippen LogP contribution in [0.1, 0.15) is 5.56 Å². The first-order valence-corrected chi connectivity index (χ1v) is 6.18. The minimum Gasteiger partial charge on any atom is -0.384 e. The Balaban J connectivity index is 2.30. The number of nitrogen functional groups attached to an aromatic ring is 1. The summed E-state index contributed by atoms with van der Waals surface area (Å²) in [7, 11) is 0. The fourth-order valence-electron chi connectivity index (χ4n) is 1.27. The second-order valence-electron chi connectivity index (χ2n) is 3.53. The van der Waals surface area contributed by atoms with Crippen molar-refractivity contribution in [3.63, 3.8) is 0 Å². The Morgan fingerprint density at radius 3 is 2.47 bits per heavy atom. The molecule has 3 nitrogen and oxygen atoms in total. The van der Waals surface area contributed by atoms with Crippen LogP contribution in [0, 0.1) is 0 Å². The monoisotopic (exact) mass is 305 g/mol. The van der Waals surface area contributed by atoms with Crippen LogP contribution >= 0.6 is 23.4 Å². The van der Waals surface area contributed by atoms with Crippen LogP contribution in [-0.2, 0) is 6.18 Å². The van der Waals surface area contributed by atoms with Gasteiger partial charge in [-0.05, 0) is 24.3 Å². The Hall–Kier alpha value is -1.47. The molecule has 0 saturated heterocycles. The summed E-state index contributed by atoms with van der Waals surface area (Å²) >= 11 is 6.65. The van der Waals surface area contributed by atoms with E-state index in [0.29, 0.717) is 10.0 Å². The average molecular weight is 306 g/mol. The third-order valence-electron chi connectivity index (χ3n) is 2.06. The third-order valence-corrected chi connectivity index (χ3v) is 3.15. The van der Waals surface area contributed by atoms with Crippen molar-refractivity contribution in [3.05, 3.63) is 41.0 Å². The minimum absolute atomic E-state index is 0.127. The molecule has 0 fully saturated rings. The quantitative estimate of drug-likeness (QED) is 0.914. The van der Waals surface area contributed by atoms with Gasteiger partial charge in [-0.1, -0.05) is 23.4 Å². The van der Waals surface area contributed by atoms with Gasteiger partial charge in [-0.25, -0.2) is 9.97 Å². The number of nitrogens with two attached hydrogens (primary N) is 1. The number of nitrogens with zero attached hydrogens (tertiary/aromatic N) is 2. The van der Waals surface area contributed by atoms with Gasteiger partial charge in [0.2, 0.25) is 0 Å². The van der Waals surface area contributed by atoms with Crippen LogP contribution < -0.4 is 5.73 Å². The summed E-state index contributed by atoms with van der Waals surface area (Å²) in [4.78, 5) is 7.80. The fourth-order valence-corrected chi connectivity index (χ4v) is 2.18. The molecule has 0 amide bonds. The third kappa shape index (κ3) is 3.74. The lowest BCUT2D eigenvalue weighted by molar-refractivity contribution is -0.137. The molecule has 0 unspecified atom stereocenters. The fraction of sp³-hybridized carbons (Fsp3) is 0.0909. The molecule has 0 spiro atoms. The second-order valence-corrected chi connectivity index (χ2v) is 5.01. The number of rotatable bonds is 2. The van der Waals surface area contributed by atoms with Gasteiger partial charge in [-0.15, -0.1) is 0 Å². The van der Waals surface area contributed by atoms with Gasteiger partial charge >= 0.3 is 6.18 Å². The molecule has 19 heavy (non-hydrogen) atoms. The number of pyridine rings is 2. The van der Waals surface area contributed by atoms with Gasteiger partial charge in [0.05, 0.1) is 10.6 Å². The van der Waals surface area contributed by atoms with Gasteiger partial charge in [0, 0.05) is 6.20 Å². The molecular formula is C11H7ClF3N3S. The molecule has 2 aromatic heterocycles. The molecule has 0 aliphatic heterocycles.